The van der Waals surface area contributed by atoms with Gasteiger partial charge in [0.1, 0.15) is 17.2 Å². The van der Waals surface area contributed by atoms with E-state index in [4.69, 9.17) is 5.41 Å². The summed E-state index contributed by atoms with van der Waals surface area (Å²) in [6.45, 7) is 2.11. The molecule has 2 N–H and O–H groups in total. The zero-order chi connectivity index (χ0) is 16.0. The smallest absolute Gasteiger partial charge is 0.189 e. The number of Topliss-reactive ketones (excluding diaryl/α,β-unsaturated/α-hetero) is 1. The van der Waals surface area contributed by atoms with Crippen molar-refractivity contribution in [3.8, 4) is 0 Å². The number of aliphatic hydroxyl groups is 1. The molecular formula is C16H20N4O2. The first-order valence-corrected chi connectivity index (χ1v) is 7.27. The number of anilines is 2. The van der Waals surface area contributed by atoms with Crippen LogP contribution in [0, 0.1) is 5.41 Å². The Bertz CT molecular complexity index is 649. The fourth-order valence-corrected chi connectivity index (χ4v) is 3.15. The molecule has 2 aliphatic heterocycles. The van der Waals surface area contributed by atoms with E-state index in [-0.39, 0.29) is 18.2 Å². The lowest BCUT2D eigenvalue weighted by Gasteiger charge is -2.22. The third kappa shape index (κ3) is 2.07. The molecule has 116 valence electrons. The summed E-state index contributed by atoms with van der Waals surface area (Å²) in [5.41, 5.74) is 2.45. The van der Waals surface area contributed by atoms with Crippen LogP contribution in [0.2, 0.25) is 0 Å². The van der Waals surface area contributed by atoms with Gasteiger partial charge in [-0.15, -0.1) is 0 Å². The average Bonchev–Trinajstić information content (AvgIpc) is 2.87. The van der Waals surface area contributed by atoms with Crippen LogP contribution in [0.1, 0.15) is 6.92 Å². The molecule has 3 rings (SSSR count). The van der Waals surface area contributed by atoms with E-state index >= 15 is 0 Å². The summed E-state index contributed by atoms with van der Waals surface area (Å²) in [6, 6.07) is 7.91. The van der Waals surface area contributed by atoms with Crippen molar-refractivity contribution in [2.45, 2.75) is 13.0 Å². The van der Waals surface area contributed by atoms with E-state index in [9.17, 15) is 9.90 Å². The third-order valence-electron chi connectivity index (χ3n) is 4.11. The van der Waals surface area contributed by atoms with Crippen LogP contribution in [0.25, 0.3) is 0 Å². The first-order valence-electron chi connectivity index (χ1n) is 7.27. The number of aliphatic hydroxyl groups excluding tert-OH is 1. The number of hydrogen-bond donors (Lipinski definition) is 2. The number of rotatable bonds is 2. The van der Waals surface area contributed by atoms with Gasteiger partial charge in [0.25, 0.3) is 0 Å². The second kappa shape index (κ2) is 5.14. The minimum atomic E-state index is -0.575. The van der Waals surface area contributed by atoms with Crippen LogP contribution in [0.5, 0.6) is 0 Å². The molecule has 1 unspecified atom stereocenters. The molecule has 0 bridgehead atoms. The van der Waals surface area contributed by atoms with Crippen molar-refractivity contribution < 1.29 is 9.90 Å². The molecule has 0 saturated carbocycles. The van der Waals surface area contributed by atoms with Gasteiger partial charge < -0.3 is 19.8 Å². The number of hydrogen-bond acceptors (Lipinski definition) is 5. The van der Waals surface area contributed by atoms with Crippen LogP contribution in [0.15, 0.2) is 35.7 Å². The molecule has 1 fully saturated rings. The number of nitrogens with one attached hydrogen (secondary N) is 1. The molecule has 1 aromatic rings. The van der Waals surface area contributed by atoms with Gasteiger partial charge in [-0.1, -0.05) is 12.1 Å². The first-order chi connectivity index (χ1) is 10.4. The Labute approximate surface area is 129 Å². The van der Waals surface area contributed by atoms with Crippen LogP contribution in [0.3, 0.4) is 0 Å². The van der Waals surface area contributed by atoms with Crippen LogP contribution in [0.4, 0.5) is 11.4 Å². The van der Waals surface area contributed by atoms with E-state index in [1.807, 2.05) is 48.2 Å². The van der Waals surface area contributed by atoms with Gasteiger partial charge >= 0.3 is 0 Å². The Morgan fingerprint density at radius 1 is 1.23 bits per heavy atom. The monoisotopic (exact) mass is 300 g/mol. The van der Waals surface area contributed by atoms with Crippen LogP contribution in [-0.4, -0.2) is 54.9 Å². The Kier molecular flexibility index (Phi) is 3.41. The summed E-state index contributed by atoms with van der Waals surface area (Å²) in [5, 5.41) is 17.8. The number of amidine groups is 1. The molecule has 0 aromatic heterocycles. The normalized spacial score (nSPS) is 19.4. The number of carbonyl (C=O) groups is 1. The Morgan fingerprint density at radius 3 is 2.27 bits per heavy atom. The standard InChI is InChI=1S/C16H20N4O2/c1-10(21)8-20-9-13(22)14(15(20)17)16-18(2)11-6-4-5-7-12(11)19(16)3/h4-7,10,17,21H,8-9H2,1-3H3. The number of likely N-dealkylation sites (tertiary alicyclic amines) is 1. The second-order valence-corrected chi connectivity index (χ2v) is 5.81. The van der Waals surface area contributed by atoms with Crippen molar-refractivity contribution in [3.63, 3.8) is 0 Å². The van der Waals surface area contributed by atoms with Gasteiger partial charge in [-0.05, 0) is 19.1 Å². The number of para-hydroxylation sites is 2. The van der Waals surface area contributed by atoms with Gasteiger partial charge in [-0.25, -0.2) is 0 Å². The third-order valence-corrected chi connectivity index (χ3v) is 4.11. The lowest BCUT2D eigenvalue weighted by Crippen LogP contribution is -2.33. The number of ketones is 1. The highest BCUT2D eigenvalue weighted by atomic mass is 16.3. The highest BCUT2D eigenvalue weighted by molar-refractivity contribution is 6.27. The quantitative estimate of drug-likeness (QED) is 0.798. The molecule has 0 aliphatic carbocycles. The number of carbonyl (C=O) groups excluding carboxylic acids is 1. The lowest BCUT2D eigenvalue weighted by atomic mass is 10.2. The molecule has 1 saturated heterocycles. The van der Waals surface area contributed by atoms with Gasteiger partial charge in [0.05, 0.1) is 24.0 Å². The van der Waals surface area contributed by atoms with Gasteiger partial charge in [0, 0.05) is 20.6 Å². The van der Waals surface area contributed by atoms with Crippen molar-refractivity contribution in [3.05, 3.63) is 35.7 Å². The Hall–Kier alpha value is -2.34. The Morgan fingerprint density at radius 2 is 1.77 bits per heavy atom. The molecule has 2 heterocycles. The summed E-state index contributed by atoms with van der Waals surface area (Å²) in [5.74, 6) is 0.837. The molecule has 2 aliphatic rings. The number of fused-ring (bicyclic) bond motifs is 1. The second-order valence-electron chi connectivity index (χ2n) is 5.81. The fraction of sp³-hybridized carbons (Fsp3) is 0.375. The van der Waals surface area contributed by atoms with Crippen LogP contribution < -0.4 is 9.80 Å². The lowest BCUT2D eigenvalue weighted by molar-refractivity contribution is -0.114. The topological polar surface area (TPSA) is 70.9 Å². The molecule has 0 amide bonds. The van der Waals surface area contributed by atoms with Gasteiger partial charge in [-0.3, -0.25) is 10.2 Å². The molecule has 1 aromatic carbocycles. The minimum absolute atomic E-state index is 0.0767. The molecule has 1 atom stereocenters. The van der Waals surface area contributed by atoms with Crippen molar-refractivity contribution in [2.24, 2.45) is 0 Å². The maximum absolute atomic E-state index is 12.4. The first kappa shape index (κ1) is 14.6. The Balaban J connectivity index is 2.04. The minimum Gasteiger partial charge on any atom is -0.392 e. The molecule has 0 spiro atoms. The van der Waals surface area contributed by atoms with E-state index in [1.54, 1.807) is 11.8 Å². The summed E-state index contributed by atoms with van der Waals surface area (Å²) in [6.07, 6.45) is -0.575. The number of benzene rings is 1. The van der Waals surface area contributed by atoms with E-state index in [0.29, 0.717) is 12.1 Å². The summed E-state index contributed by atoms with van der Waals surface area (Å²) >= 11 is 0. The van der Waals surface area contributed by atoms with E-state index in [0.717, 1.165) is 17.2 Å². The number of nitrogens with zero attached hydrogens (tertiary/aromatic N) is 3. The highest BCUT2D eigenvalue weighted by Crippen LogP contribution is 2.41. The SMILES string of the molecule is CC(O)CN1CC(=O)C(=C2N(C)c3ccccc3N2C)C1=N. The highest BCUT2D eigenvalue weighted by Gasteiger charge is 2.39. The van der Waals surface area contributed by atoms with Crippen LogP contribution in [-0.2, 0) is 4.79 Å². The van der Waals surface area contributed by atoms with Crippen molar-refractivity contribution in [1.82, 2.24) is 4.90 Å². The van der Waals surface area contributed by atoms with Crippen molar-refractivity contribution in [2.75, 3.05) is 37.0 Å². The van der Waals surface area contributed by atoms with Gasteiger partial charge in [0.15, 0.2) is 5.78 Å². The fourth-order valence-electron chi connectivity index (χ4n) is 3.15. The predicted octanol–water partition coefficient (Wildman–Crippen LogP) is 1.03. The maximum atomic E-state index is 12.4. The summed E-state index contributed by atoms with van der Waals surface area (Å²) in [4.78, 5) is 18.0. The van der Waals surface area contributed by atoms with Crippen molar-refractivity contribution in [1.29, 1.82) is 5.41 Å². The van der Waals surface area contributed by atoms with Crippen LogP contribution >= 0.6 is 0 Å². The molecule has 22 heavy (non-hydrogen) atoms. The molecule has 6 nitrogen and oxygen atoms in total. The number of β-amino-alcohol motifs (C(OH)–C–C–N with tert-alkyl or cyclic N) is 1. The predicted molar refractivity (Wildman–Crippen MR) is 86.3 cm³/mol. The van der Waals surface area contributed by atoms with Gasteiger partial charge in [-0.2, -0.15) is 0 Å². The molecular weight excluding hydrogens is 280 g/mol. The zero-order valence-electron chi connectivity index (χ0n) is 13.0. The van der Waals surface area contributed by atoms with E-state index in [2.05, 4.69) is 0 Å². The zero-order valence-corrected chi connectivity index (χ0v) is 13.0. The average molecular weight is 300 g/mol. The van der Waals surface area contributed by atoms with E-state index in [1.165, 1.54) is 0 Å². The molecule has 6 heteroatoms. The molecule has 0 radical (unpaired) electrons. The summed E-state index contributed by atoms with van der Waals surface area (Å²) in [7, 11) is 3.81. The maximum Gasteiger partial charge on any atom is 0.189 e. The van der Waals surface area contributed by atoms with Crippen molar-refractivity contribution >= 4 is 23.0 Å². The largest absolute Gasteiger partial charge is 0.392 e. The van der Waals surface area contributed by atoms with E-state index < -0.39 is 6.10 Å². The summed E-state index contributed by atoms with van der Waals surface area (Å²) < 4.78 is 0. The van der Waals surface area contributed by atoms with Gasteiger partial charge in [0.2, 0.25) is 0 Å².